The van der Waals surface area contributed by atoms with E-state index in [9.17, 15) is 0 Å². The monoisotopic (exact) mass is 278 g/mol. The zero-order chi connectivity index (χ0) is 14.4. The number of aromatic nitrogens is 3. The van der Waals surface area contributed by atoms with Crippen LogP contribution in [-0.2, 0) is 13.1 Å². The van der Waals surface area contributed by atoms with E-state index in [1.165, 1.54) is 25.7 Å². The Labute approximate surface area is 121 Å². The lowest BCUT2D eigenvalue weighted by Crippen LogP contribution is -2.44. The molecule has 0 saturated heterocycles. The van der Waals surface area contributed by atoms with Crippen LogP contribution in [-0.4, -0.2) is 33.8 Å². The zero-order valence-electron chi connectivity index (χ0n) is 12.8. The molecule has 6 heteroatoms. The van der Waals surface area contributed by atoms with Crippen LogP contribution in [0.2, 0.25) is 0 Å². The average molecular weight is 278 g/mol. The number of hydrogen-bond donors (Lipinski definition) is 2. The van der Waals surface area contributed by atoms with Gasteiger partial charge in [-0.1, -0.05) is 6.92 Å². The fourth-order valence-electron chi connectivity index (χ4n) is 2.64. The first-order valence-electron chi connectivity index (χ1n) is 7.56. The van der Waals surface area contributed by atoms with Crippen molar-refractivity contribution in [1.82, 2.24) is 25.4 Å². The predicted octanol–water partition coefficient (Wildman–Crippen LogP) is 1.54. The molecule has 0 atom stereocenters. The third kappa shape index (κ3) is 3.95. The minimum atomic E-state index is 0.543. The van der Waals surface area contributed by atoms with Crippen molar-refractivity contribution in [1.29, 1.82) is 0 Å². The second-order valence-corrected chi connectivity index (χ2v) is 5.56. The molecule has 1 aliphatic rings. The van der Waals surface area contributed by atoms with Gasteiger partial charge in [-0.3, -0.25) is 4.99 Å². The van der Waals surface area contributed by atoms with Crippen LogP contribution in [0.5, 0.6) is 0 Å². The van der Waals surface area contributed by atoms with E-state index in [1.807, 2.05) is 11.6 Å². The number of guanidine groups is 1. The fourth-order valence-corrected chi connectivity index (χ4v) is 2.64. The minimum Gasteiger partial charge on any atom is -0.354 e. The summed E-state index contributed by atoms with van der Waals surface area (Å²) in [5, 5.41) is 14.9. The van der Waals surface area contributed by atoms with E-state index in [0.717, 1.165) is 24.2 Å². The summed E-state index contributed by atoms with van der Waals surface area (Å²) in [5.74, 6) is 2.66. The highest BCUT2D eigenvalue weighted by atomic mass is 15.3. The van der Waals surface area contributed by atoms with Crippen LogP contribution in [0.1, 0.15) is 45.4 Å². The number of rotatable bonds is 4. The van der Waals surface area contributed by atoms with Gasteiger partial charge < -0.3 is 15.2 Å². The maximum absolute atomic E-state index is 4.29. The summed E-state index contributed by atoms with van der Waals surface area (Å²) in [6.45, 7) is 5.96. The molecule has 0 amide bonds. The largest absolute Gasteiger partial charge is 0.354 e. The van der Waals surface area contributed by atoms with Crippen LogP contribution >= 0.6 is 0 Å². The van der Waals surface area contributed by atoms with Crippen LogP contribution in [0.3, 0.4) is 0 Å². The van der Waals surface area contributed by atoms with E-state index in [0.29, 0.717) is 12.6 Å². The topological polar surface area (TPSA) is 67.1 Å². The van der Waals surface area contributed by atoms with Crippen LogP contribution in [0.15, 0.2) is 11.3 Å². The number of aliphatic imine (C=N–C) groups is 1. The first-order chi connectivity index (χ1) is 9.72. The van der Waals surface area contributed by atoms with Crippen molar-refractivity contribution < 1.29 is 0 Å². The Balaban J connectivity index is 1.81. The van der Waals surface area contributed by atoms with Gasteiger partial charge in [-0.15, -0.1) is 10.2 Å². The molecular formula is C14H26N6. The molecule has 1 heterocycles. The van der Waals surface area contributed by atoms with Crippen LogP contribution in [0.4, 0.5) is 0 Å². The maximum Gasteiger partial charge on any atom is 0.191 e. The van der Waals surface area contributed by atoms with E-state index < -0.39 is 0 Å². The van der Waals surface area contributed by atoms with E-state index >= 15 is 0 Å². The van der Waals surface area contributed by atoms with E-state index in [2.05, 4.69) is 39.7 Å². The number of nitrogens with one attached hydrogen (secondary N) is 2. The number of hydrogen-bond acceptors (Lipinski definition) is 3. The van der Waals surface area contributed by atoms with Crippen LogP contribution in [0.25, 0.3) is 0 Å². The second kappa shape index (κ2) is 7.26. The van der Waals surface area contributed by atoms with Crippen LogP contribution in [0, 0.1) is 5.92 Å². The maximum atomic E-state index is 4.29. The highest BCUT2D eigenvalue weighted by Gasteiger charge is 2.18. The van der Waals surface area contributed by atoms with Gasteiger partial charge in [0.1, 0.15) is 6.33 Å². The Kier molecular flexibility index (Phi) is 5.38. The highest BCUT2D eigenvalue weighted by Crippen LogP contribution is 2.23. The third-order valence-electron chi connectivity index (χ3n) is 4.03. The summed E-state index contributed by atoms with van der Waals surface area (Å²) in [6, 6.07) is 0.543. The summed E-state index contributed by atoms with van der Waals surface area (Å²) in [7, 11) is 1.81. The first-order valence-corrected chi connectivity index (χ1v) is 7.56. The quantitative estimate of drug-likeness (QED) is 0.647. The molecule has 0 unspecified atom stereocenters. The zero-order valence-corrected chi connectivity index (χ0v) is 12.8. The summed E-state index contributed by atoms with van der Waals surface area (Å²) >= 11 is 0. The number of nitrogens with zero attached hydrogens (tertiary/aromatic N) is 4. The molecule has 0 bridgehead atoms. The predicted molar refractivity (Wildman–Crippen MR) is 80.5 cm³/mol. The highest BCUT2D eigenvalue weighted by molar-refractivity contribution is 5.79. The van der Waals surface area contributed by atoms with Gasteiger partial charge >= 0.3 is 0 Å². The van der Waals surface area contributed by atoms with Gasteiger partial charge in [0.25, 0.3) is 0 Å². The molecule has 112 valence electrons. The summed E-state index contributed by atoms with van der Waals surface area (Å²) < 4.78 is 2.03. The third-order valence-corrected chi connectivity index (χ3v) is 4.03. The van der Waals surface area contributed by atoms with Gasteiger partial charge in [0.15, 0.2) is 11.8 Å². The molecule has 1 aromatic heterocycles. The van der Waals surface area contributed by atoms with Crippen molar-refractivity contribution in [3.8, 4) is 0 Å². The van der Waals surface area contributed by atoms with Crippen LogP contribution < -0.4 is 10.6 Å². The summed E-state index contributed by atoms with van der Waals surface area (Å²) in [6.07, 6.45) is 6.83. The summed E-state index contributed by atoms with van der Waals surface area (Å²) in [4.78, 5) is 4.29. The Morgan fingerprint density at radius 2 is 2.15 bits per heavy atom. The smallest absolute Gasteiger partial charge is 0.191 e. The van der Waals surface area contributed by atoms with E-state index in [-0.39, 0.29) is 0 Å². The molecular weight excluding hydrogens is 252 g/mol. The lowest BCUT2D eigenvalue weighted by molar-refractivity contribution is 0.329. The van der Waals surface area contributed by atoms with Gasteiger partial charge in [-0.25, -0.2) is 0 Å². The summed E-state index contributed by atoms with van der Waals surface area (Å²) in [5.41, 5.74) is 0. The molecule has 1 aromatic rings. The van der Waals surface area contributed by atoms with E-state index in [4.69, 9.17) is 0 Å². The van der Waals surface area contributed by atoms with Crippen molar-refractivity contribution in [3.63, 3.8) is 0 Å². The average Bonchev–Trinajstić information content (AvgIpc) is 2.93. The van der Waals surface area contributed by atoms with Crippen molar-refractivity contribution in [2.75, 3.05) is 7.05 Å². The molecule has 0 spiro atoms. The SMILES string of the molecule is CCn1cnnc1CNC(=NC)NC1CCC(C)CC1. The first kappa shape index (κ1) is 14.8. The van der Waals surface area contributed by atoms with Gasteiger partial charge in [0.05, 0.1) is 6.54 Å². The fraction of sp³-hybridized carbons (Fsp3) is 0.786. The normalized spacial score (nSPS) is 23.6. The molecule has 2 N–H and O–H groups in total. The molecule has 1 aliphatic carbocycles. The Morgan fingerprint density at radius 3 is 2.80 bits per heavy atom. The molecule has 2 rings (SSSR count). The molecule has 1 saturated carbocycles. The number of aryl methyl sites for hydroxylation is 1. The minimum absolute atomic E-state index is 0.543. The van der Waals surface area contributed by atoms with Crippen molar-refractivity contribution in [2.24, 2.45) is 10.9 Å². The Hall–Kier alpha value is -1.59. The van der Waals surface area contributed by atoms with Gasteiger partial charge in [0, 0.05) is 19.6 Å². The Bertz CT molecular complexity index is 431. The Morgan fingerprint density at radius 1 is 1.40 bits per heavy atom. The molecule has 6 nitrogen and oxygen atoms in total. The van der Waals surface area contributed by atoms with E-state index in [1.54, 1.807) is 6.33 Å². The lowest BCUT2D eigenvalue weighted by Gasteiger charge is -2.28. The lowest BCUT2D eigenvalue weighted by atomic mass is 9.87. The second-order valence-electron chi connectivity index (χ2n) is 5.56. The molecule has 0 radical (unpaired) electrons. The van der Waals surface area contributed by atoms with Gasteiger partial charge in [-0.2, -0.15) is 0 Å². The van der Waals surface area contributed by atoms with Gasteiger partial charge in [0.2, 0.25) is 0 Å². The van der Waals surface area contributed by atoms with Gasteiger partial charge in [-0.05, 0) is 38.5 Å². The van der Waals surface area contributed by atoms with Crippen molar-refractivity contribution in [3.05, 3.63) is 12.2 Å². The molecule has 20 heavy (non-hydrogen) atoms. The van der Waals surface area contributed by atoms with Crippen molar-refractivity contribution in [2.45, 2.75) is 58.7 Å². The standard InChI is InChI=1S/C14H26N6/c1-4-20-10-17-19-13(20)9-16-14(15-3)18-12-7-5-11(2)6-8-12/h10-12H,4-9H2,1-3H3,(H2,15,16,18). The molecule has 0 aromatic carbocycles. The molecule has 0 aliphatic heterocycles. The van der Waals surface area contributed by atoms with Crippen molar-refractivity contribution >= 4 is 5.96 Å². The molecule has 1 fully saturated rings.